The molecule has 1 rings (SSSR count). The van der Waals surface area contributed by atoms with Crippen molar-refractivity contribution in [3.05, 3.63) is 6.20 Å². The molecule has 7 nitrogen and oxygen atoms in total. The van der Waals surface area contributed by atoms with Crippen molar-refractivity contribution in [3.63, 3.8) is 0 Å². The number of β-amino-alcohol motifs (C(OH)–C–C–N with tert-alkyl or cyclic N) is 1. The van der Waals surface area contributed by atoms with E-state index >= 15 is 0 Å². The zero-order valence-electron chi connectivity index (χ0n) is 14.5. The highest BCUT2D eigenvalue weighted by Crippen LogP contribution is 2.16. The summed E-state index contributed by atoms with van der Waals surface area (Å²) in [6.07, 6.45) is 0.678. The Bertz CT molecular complexity index is 471. The zero-order valence-corrected chi connectivity index (χ0v) is 16.1. The SMILES string of the molecule is CC(C)(C)NC(=O)N(CC(O)COc1cnsn1)C(C)(C)C.Cl. The molecule has 1 heterocycles. The molecule has 0 fully saturated rings. The van der Waals surface area contributed by atoms with E-state index in [-0.39, 0.29) is 37.1 Å². The van der Waals surface area contributed by atoms with Crippen LogP contribution in [-0.2, 0) is 0 Å². The highest BCUT2D eigenvalue weighted by atomic mass is 35.5. The van der Waals surface area contributed by atoms with Gasteiger partial charge in [0.2, 0.25) is 5.88 Å². The van der Waals surface area contributed by atoms with Crippen molar-refractivity contribution < 1.29 is 14.6 Å². The van der Waals surface area contributed by atoms with Crippen LogP contribution in [0.3, 0.4) is 0 Å². The van der Waals surface area contributed by atoms with E-state index in [0.29, 0.717) is 5.88 Å². The third-order valence-electron chi connectivity index (χ3n) is 2.69. The fourth-order valence-electron chi connectivity index (χ4n) is 1.71. The van der Waals surface area contributed by atoms with E-state index in [4.69, 9.17) is 4.74 Å². The standard InChI is InChI=1S/C14H26N4O3S.ClH/c1-13(2,3)16-12(20)18(14(4,5)6)8-10(19)9-21-11-7-15-22-17-11;/h7,10,19H,8-9H2,1-6H3,(H,16,20);1H. The number of rotatable bonds is 5. The van der Waals surface area contributed by atoms with Crippen molar-refractivity contribution in [1.29, 1.82) is 0 Å². The summed E-state index contributed by atoms with van der Waals surface area (Å²) in [5.41, 5.74) is -0.757. The van der Waals surface area contributed by atoms with Gasteiger partial charge in [-0.2, -0.15) is 4.37 Å². The number of aliphatic hydroxyl groups is 1. The topological polar surface area (TPSA) is 87.6 Å². The lowest BCUT2D eigenvalue weighted by Gasteiger charge is -2.38. The van der Waals surface area contributed by atoms with Gasteiger partial charge in [0.15, 0.2) is 0 Å². The Morgan fingerprint density at radius 3 is 2.43 bits per heavy atom. The minimum atomic E-state index is -0.813. The minimum absolute atomic E-state index is 0. The normalized spacial score (nSPS) is 13.0. The van der Waals surface area contributed by atoms with Crippen LogP contribution in [0, 0.1) is 0 Å². The van der Waals surface area contributed by atoms with Crippen LogP contribution in [-0.4, -0.2) is 55.1 Å². The summed E-state index contributed by atoms with van der Waals surface area (Å²) in [5, 5.41) is 13.1. The molecule has 0 saturated carbocycles. The Balaban J connectivity index is 0.00000484. The first kappa shape index (κ1) is 21.9. The number of nitrogens with one attached hydrogen (secondary N) is 1. The average molecular weight is 367 g/mol. The predicted molar refractivity (Wildman–Crippen MR) is 93.4 cm³/mol. The minimum Gasteiger partial charge on any atom is -0.473 e. The molecule has 0 saturated heterocycles. The van der Waals surface area contributed by atoms with E-state index < -0.39 is 11.6 Å². The lowest BCUT2D eigenvalue weighted by Crippen LogP contribution is -2.57. The molecule has 0 aromatic carbocycles. The molecule has 2 amide bonds. The van der Waals surface area contributed by atoms with Crippen molar-refractivity contribution in [1.82, 2.24) is 19.0 Å². The molecule has 0 aliphatic carbocycles. The van der Waals surface area contributed by atoms with Crippen LogP contribution < -0.4 is 10.1 Å². The quantitative estimate of drug-likeness (QED) is 0.834. The van der Waals surface area contributed by atoms with E-state index in [1.54, 1.807) is 4.90 Å². The highest BCUT2D eigenvalue weighted by Gasteiger charge is 2.30. The van der Waals surface area contributed by atoms with Gasteiger partial charge in [0, 0.05) is 11.1 Å². The van der Waals surface area contributed by atoms with E-state index in [1.165, 1.54) is 6.20 Å². The maximum Gasteiger partial charge on any atom is 0.318 e. The molecule has 134 valence electrons. The lowest BCUT2D eigenvalue weighted by atomic mass is 10.0. The van der Waals surface area contributed by atoms with E-state index in [2.05, 4.69) is 14.1 Å². The molecule has 1 atom stereocenters. The first-order valence-corrected chi connectivity index (χ1v) is 7.90. The molecule has 1 aromatic rings. The first-order valence-electron chi connectivity index (χ1n) is 7.17. The molecule has 0 aliphatic heterocycles. The molecular formula is C14H27ClN4O3S. The second-order valence-corrected chi connectivity index (χ2v) is 7.73. The zero-order chi connectivity index (χ0) is 17.0. The van der Waals surface area contributed by atoms with Crippen LogP contribution in [0.4, 0.5) is 4.79 Å². The largest absolute Gasteiger partial charge is 0.473 e. The molecule has 1 aromatic heterocycles. The summed E-state index contributed by atoms with van der Waals surface area (Å²) in [7, 11) is 0. The maximum absolute atomic E-state index is 12.4. The molecule has 0 bridgehead atoms. The van der Waals surface area contributed by atoms with Gasteiger partial charge in [-0.1, -0.05) is 0 Å². The molecule has 0 spiro atoms. The second-order valence-electron chi connectivity index (χ2n) is 7.17. The third-order valence-corrected chi connectivity index (χ3v) is 3.16. The maximum atomic E-state index is 12.4. The van der Waals surface area contributed by atoms with Crippen LogP contribution in [0.25, 0.3) is 0 Å². The average Bonchev–Trinajstić information content (AvgIpc) is 2.82. The van der Waals surface area contributed by atoms with Gasteiger partial charge in [-0.25, -0.2) is 4.79 Å². The van der Waals surface area contributed by atoms with Crippen LogP contribution >= 0.6 is 24.1 Å². The smallest absolute Gasteiger partial charge is 0.318 e. The van der Waals surface area contributed by atoms with Gasteiger partial charge in [0.25, 0.3) is 0 Å². The van der Waals surface area contributed by atoms with Crippen molar-refractivity contribution in [3.8, 4) is 5.88 Å². The molecule has 23 heavy (non-hydrogen) atoms. The molecule has 2 N–H and O–H groups in total. The third kappa shape index (κ3) is 8.34. The van der Waals surface area contributed by atoms with Crippen LogP contribution in [0.5, 0.6) is 5.88 Å². The number of urea groups is 1. The van der Waals surface area contributed by atoms with Crippen LogP contribution in [0.15, 0.2) is 6.20 Å². The van der Waals surface area contributed by atoms with Crippen LogP contribution in [0.2, 0.25) is 0 Å². The molecular weight excluding hydrogens is 340 g/mol. The van der Waals surface area contributed by atoms with E-state index in [9.17, 15) is 9.90 Å². The van der Waals surface area contributed by atoms with Crippen molar-refractivity contribution in [2.24, 2.45) is 0 Å². The molecule has 0 aliphatic rings. The van der Waals surface area contributed by atoms with E-state index in [0.717, 1.165) is 11.7 Å². The highest BCUT2D eigenvalue weighted by molar-refractivity contribution is 6.99. The number of nitrogens with zero attached hydrogens (tertiary/aromatic N) is 3. The van der Waals surface area contributed by atoms with Gasteiger partial charge in [-0.05, 0) is 41.5 Å². The number of hydrogen-bond acceptors (Lipinski definition) is 6. The van der Waals surface area contributed by atoms with Gasteiger partial charge >= 0.3 is 6.03 Å². The number of aliphatic hydroxyl groups excluding tert-OH is 1. The first-order chi connectivity index (χ1) is 9.99. The number of amides is 2. The molecule has 0 radical (unpaired) electrons. The van der Waals surface area contributed by atoms with Crippen molar-refractivity contribution in [2.45, 2.75) is 58.7 Å². The van der Waals surface area contributed by atoms with Gasteiger partial charge in [-0.3, -0.25) is 0 Å². The molecule has 1 unspecified atom stereocenters. The second kappa shape index (κ2) is 8.65. The Morgan fingerprint density at radius 2 is 2.00 bits per heavy atom. The lowest BCUT2D eigenvalue weighted by molar-refractivity contribution is 0.0483. The Morgan fingerprint density at radius 1 is 1.39 bits per heavy atom. The summed E-state index contributed by atoms with van der Waals surface area (Å²) in [6, 6.07) is -0.214. The van der Waals surface area contributed by atoms with Crippen LogP contribution in [0.1, 0.15) is 41.5 Å². The fourth-order valence-corrected chi connectivity index (χ4v) is 2.08. The summed E-state index contributed by atoms with van der Waals surface area (Å²) in [6.45, 7) is 11.7. The van der Waals surface area contributed by atoms with Gasteiger partial charge in [-0.15, -0.1) is 16.8 Å². The summed E-state index contributed by atoms with van der Waals surface area (Å²) in [4.78, 5) is 14.0. The number of halogens is 1. The van der Waals surface area contributed by atoms with E-state index in [1.807, 2.05) is 41.5 Å². The monoisotopic (exact) mass is 366 g/mol. The number of aromatic nitrogens is 2. The van der Waals surface area contributed by atoms with Gasteiger partial charge < -0.3 is 20.1 Å². The number of hydrogen-bond donors (Lipinski definition) is 2. The number of carbonyl (C=O) groups is 1. The summed E-state index contributed by atoms with van der Waals surface area (Å²) >= 11 is 1.04. The summed E-state index contributed by atoms with van der Waals surface area (Å²) < 4.78 is 13.1. The van der Waals surface area contributed by atoms with Gasteiger partial charge in [0.05, 0.1) is 18.3 Å². The summed E-state index contributed by atoms with van der Waals surface area (Å²) in [5.74, 6) is 0.380. The fraction of sp³-hybridized carbons (Fsp3) is 0.786. The van der Waals surface area contributed by atoms with Gasteiger partial charge in [0.1, 0.15) is 18.9 Å². The van der Waals surface area contributed by atoms with Crippen molar-refractivity contribution >= 4 is 30.2 Å². The Kier molecular flexibility index (Phi) is 8.23. The Labute approximate surface area is 148 Å². The molecule has 9 heteroatoms. The number of ether oxygens (including phenoxy) is 1. The predicted octanol–water partition coefficient (Wildman–Crippen LogP) is 2.31. The van der Waals surface area contributed by atoms with Crippen molar-refractivity contribution in [2.75, 3.05) is 13.2 Å². The number of carbonyl (C=O) groups excluding carboxylic acids is 1. The Hall–Kier alpha value is -1.12.